The summed E-state index contributed by atoms with van der Waals surface area (Å²) in [4.78, 5) is 37.9. The van der Waals surface area contributed by atoms with Crippen molar-refractivity contribution in [2.24, 2.45) is 0 Å². The molecule has 0 saturated carbocycles. The Balaban J connectivity index is 4.39. The minimum atomic E-state index is -0.796. The SMILES string of the molecule is CC\C=C/C=C\C=C/C=C\CCCCCCCC(=O)OC(COC(=O)CCCCC/C=C\C=C/CCCC)COC(=O)CCCCCCCCCCCCCCCCCCCC. The molecule has 1 unspecified atom stereocenters. The molecular weight excluding hydrogens is 769 g/mol. The normalized spacial score (nSPS) is 12.6. The molecule has 6 nitrogen and oxygen atoms in total. The molecule has 0 radical (unpaired) electrons. The van der Waals surface area contributed by atoms with Gasteiger partial charge in [-0.3, -0.25) is 14.4 Å². The maximum Gasteiger partial charge on any atom is 0.306 e. The summed E-state index contributed by atoms with van der Waals surface area (Å²) < 4.78 is 16.7. The molecule has 356 valence electrons. The van der Waals surface area contributed by atoms with Crippen molar-refractivity contribution in [3.8, 4) is 0 Å². The van der Waals surface area contributed by atoms with E-state index in [4.69, 9.17) is 14.2 Å². The van der Waals surface area contributed by atoms with Gasteiger partial charge in [-0.05, 0) is 57.8 Å². The van der Waals surface area contributed by atoms with Crippen LogP contribution in [0.2, 0.25) is 0 Å². The molecule has 0 bridgehead atoms. The molecular formula is C56H96O6. The number of hydrogen-bond acceptors (Lipinski definition) is 6. The average Bonchev–Trinajstić information content (AvgIpc) is 3.27. The average molecular weight is 865 g/mol. The molecule has 0 aliphatic carbocycles. The van der Waals surface area contributed by atoms with Gasteiger partial charge in [0.15, 0.2) is 6.10 Å². The lowest BCUT2D eigenvalue weighted by molar-refractivity contribution is -0.167. The highest BCUT2D eigenvalue weighted by Gasteiger charge is 2.19. The van der Waals surface area contributed by atoms with E-state index in [9.17, 15) is 14.4 Å². The summed E-state index contributed by atoms with van der Waals surface area (Å²) in [6, 6.07) is 0. The van der Waals surface area contributed by atoms with Crippen molar-refractivity contribution in [3.05, 3.63) is 72.9 Å². The highest BCUT2D eigenvalue weighted by molar-refractivity contribution is 5.71. The summed E-state index contributed by atoms with van der Waals surface area (Å²) in [5.74, 6) is -0.942. The Morgan fingerprint density at radius 2 is 0.645 bits per heavy atom. The third-order valence-corrected chi connectivity index (χ3v) is 11.1. The second-order valence-corrected chi connectivity index (χ2v) is 17.2. The van der Waals surface area contributed by atoms with Crippen LogP contribution in [0.1, 0.15) is 245 Å². The van der Waals surface area contributed by atoms with Crippen molar-refractivity contribution < 1.29 is 28.6 Å². The van der Waals surface area contributed by atoms with Gasteiger partial charge in [0.05, 0.1) is 0 Å². The monoisotopic (exact) mass is 865 g/mol. The fraction of sp³-hybridized carbons (Fsp3) is 0.732. The predicted octanol–water partition coefficient (Wildman–Crippen LogP) is 17.0. The van der Waals surface area contributed by atoms with Gasteiger partial charge in [0.1, 0.15) is 13.2 Å². The van der Waals surface area contributed by atoms with Gasteiger partial charge in [0.2, 0.25) is 0 Å². The Bertz CT molecular complexity index is 1180. The van der Waals surface area contributed by atoms with Crippen LogP contribution in [0.4, 0.5) is 0 Å². The molecule has 0 amide bonds. The third-order valence-electron chi connectivity index (χ3n) is 11.1. The lowest BCUT2D eigenvalue weighted by Crippen LogP contribution is -2.30. The second-order valence-electron chi connectivity index (χ2n) is 17.2. The molecule has 0 aliphatic rings. The van der Waals surface area contributed by atoms with Crippen molar-refractivity contribution in [2.45, 2.75) is 252 Å². The van der Waals surface area contributed by atoms with E-state index >= 15 is 0 Å². The highest BCUT2D eigenvalue weighted by atomic mass is 16.6. The standard InChI is InChI=1S/C56H96O6/c1-4-7-10-13-16-19-22-24-26-27-28-30-31-34-37-40-43-46-49-55(58)61-52-53(51-60-54(57)48-45-42-39-36-33-21-18-15-12-9-6-3)62-56(59)50-47-44-41-38-35-32-29-25-23-20-17-14-11-8-5-2/h8,11,14-15,17-18,20-21,23,25,29,33,53H,4-7,9-10,12-13,16,19,22,24,26-28,30-32,34-52H2,1-3H3/b11-8-,17-14-,18-15-,23-20-,29-25-,33-21-. The molecule has 0 heterocycles. The maximum atomic E-state index is 12.8. The van der Waals surface area contributed by atoms with E-state index < -0.39 is 6.10 Å². The van der Waals surface area contributed by atoms with Crippen LogP contribution in [0, 0.1) is 0 Å². The van der Waals surface area contributed by atoms with Crippen LogP contribution in [0.3, 0.4) is 0 Å². The first-order valence-corrected chi connectivity index (χ1v) is 26.0. The molecule has 0 aromatic rings. The first-order chi connectivity index (χ1) is 30.5. The molecule has 0 N–H and O–H groups in total. The molecule has 0 saturated heterocycles. The van der Waals surface area contributed by atoms with Gasteiger partial charge in [-0.25, -0.2) is 0 Å². The van der Waals surface area contributed by atoms with Crippen molar-refractivity contribution in [3.63, 3.8) is 0 Å². The van der Waals surface area contributed by atoms with E-state index in [0.29, 0.717) is 19.3 Å². The number of allylic oxidation sites excluding steroid dienone is 12. The van der Waals surface area contributed by atoms with E-state index in [0.717, 1.165) is 96.3 Å². The number of unbranched alkanes of at least 4 members (excludes halogenated alkanes) is 27. The summed E-state index contributed by atoms with van der Waals surface area (Å²) in [7, 11) is 0. The van der Waals surface area contributed by atoms with E-state index in [1.165, 1.54) is 109 Å². The molecule has 0 spiro atoms. The van der Waals surface area contributed by atoms with Gasteiger partial charge in [-0.1, -0.05) is 241 Å². The first-order valence-electron chi connectivity index (χ1n) is 26.0. The van der Waals surface area contributed by atoms with Gasteiger partial charge >= 0.3 is 17.9 Å². The smallest absolute Gasteiger partial charge is 0.306 e. The number of hydrogen-bond donors (Lipinski definition) is 0. The molecule has 0 fully saturated rings. The van der Waals surface area contributed by atoms with Crippen molar-refractivity contribution >= 4 is 17.9 Å². The predicted molar refractivity (Wildman–Crippen MR) is 265 cm³/mol. The zero-order chi connectivity index (χ0) is 45.1. The molecule has 0 aromatic carbocycles. The molecule has 6 heteroatoms. The molecule has 62 heavy (non-hydrogen) atoms. The zero-order valence-electron chi connectivity index (χ0n) is 40.6. The Morgan fingerprint density at radius 3 is 1.06 bits per heavy atom. The summed E-state index contributed by atoms with van der Waals surface area (Å²) in [6.45, 7) is 6.41. The van der Waals surface area contributed by atoms with Gasteiger partial charge in [-0.2, -0.15) is 0 Å². The Morgan fingerprint density at radius 1 is 0.339 bits per heavy atom. The Labute approximate surface area is 382 Å². The fourth-order valence-electron chi connectivity index (χ4n) is 7.14. The van der Waals surface area contributed by atoms with E-state index in [2.05, 4.69) is 75.5 Å². The van der Waals surface area contributed by atoms with Gasteiger partial charge in [0.25, 0.3) is 0 Å². The maximum absolute atomic E-state index is 12.8. The number of carbonyl (C=O) groups excluding carboxylic acids is 3. The summed E-state index contributed by atoms with van der Waals surface area (Å²) in [5, 5.41) is 0. The van der Waals surface area contributed by atoms with Gasteiger partial charge in [-0.15, -0.1) is 0 Å². The lowest BCUT2D eigenvalue weighted by atomic mass is 10.0. The Kier molecular flexibility index (Phi) is 47.9. The van der Waals surface area contributed by atoms with E-state index in [1.807, 2.05) is 18.2 Å². The van der Waals surface area contributed by atoms with Gasteiger partial charge in [0, 0.05) is 19.3 Å². The van der Waals surface area contributed by atoms with Crippen LogP contribution in [-0.4, -0.2) is 37.2 Å². The second kappa shape index (κ2) is 50.5. The van der Waals surface area contributed by atoms with Crippen LogP contribution in [0.5, 0.6) is 0 Å². The van der Waals surface area contributed by atoms with Crippen LogP contribution in [-0.2, 0) is 28.6 Å². The van der Waals surface area contributed by atoms with Crippen LogP contribution >= 0.6 is 0 Å². The number of rotatable bonds is 46. The molecule has 0 rings (SSSR count). The van der Waals surface area contributed by atoms with Crippen LogP contribution in [0.25, 0.3) is 0 Å². The van der Waals surface area contributed by atoms with Crippen LogP contribution < -0.4 is 0 Å². The first kappa shape index (κ1) is 58.9. The summed E-state index contributed by atoms with van der Waals surface area (Å²) in [6.07, 6.45) is 63.2. The van der Waals surface area contributed by atoms with Crippen molar-refractivity contribution in [2.75, 3.05) is 13.2 Å². The van der Waals surface area contributed by atoms with Crippen LogP contribution in [0.15, 0.2) is 72.9 Å². The topological polar surface area (TPSA) is 78.9 Å². The number of ether oxygens (including phenoxy) is 3. The number of esters is 3. The lowest BCUT2D eigenvalue weighted by Gasteiger charge is -2.18. The third kappa shape index (κ3) is 47.9. The number of carbonyl (C=O) groups is 3. The van der Waals surface area contributed by atoms with Gasteiger partial charge < -0.3 is 14.2 Å². The van der Waals surface area contributed by atoms with E-state index in [1.54, 1.807) is 0 Å². The van der Waals surface area contributed by atoms with E-state index in [-0.39, 0.29) is 31.1 Å². The van der Waals surface area contributed by atoms with Crippen molar-refractivity contribution in [1.82, 2.24) is 0 Å². The quantitative estimate of drug-likeness (QED) is 0.0262. The minimum absolute atomic E-state index is 0.0922. The molecule has 0 aliphatic heterocycles. The fourth-order valence-corrected chi connectivity index (χ4v) is 7.14. The highest BCUT2D eigenvalue weighted by Crippen LogP contribution is 2.16. The zero-order valence-corrected chi connectivity index (χ0v) is 40.6. The summed E-state index contributed by atoms with van der Waals surface area (Å²) in [5.41, 5.74) is 0. The summed E-state index contributed by atoms with van der Waals surface area (Å²) >= 11 is 0. The molecule has 0 aromatic heterocycles. The molecule has 1 atom stereocenters. The largest absolute Gasteiger partial charge is 0.462 e. The minimum Gasteiger partial charge on any atom is -0.462 e. The Hall–Kier alpha value is -3.15. The van der Waals surface area contributed by atoms with Crippen molar-refractivity contribution in [1.29, 1.82) is 0 Å².